The van der Waals surface area contributed by atoms with E-state index in [9.17, 15) is 18.0 Å². The normalized spacial score (nSPS) is 12.9. The zero-order chi connectivity index (χ0) is 15.3. The summed E-state index contributed by atoms with van der Waals surface area (Å²) in [6.07, 6.45) is -5.33. The lowest BCUT2D eigenvalue weighted by Gasteiger charge is -2.23. The van der Waals surface area contributed by atoms with Gasteiger partial charge in [0.2, 0.25) is 0 Å². The highest BCUT2D eigenvalue weighted by Crippen LogP contribution is 2.23. The Morgan fingerprint density at radius 2 is 2.10 bits per heavy atom. The van der Waals surface area contributed by atoms with Gasteiger partial charge in [0.15, 0.2) is 0 Å². The number of nitrogens with one attached hydrogen (secondary N) is 1. The second kappa shape index (κ2) is 6.60. The number of carbonyl (C=O) groups is 1. The number of aliphatic hydroxyl groups is 1. The van der Waals surface area contributed by atoms with Crippen LogP contribution < -0.4 is 5.32 Å². The number of halogens is 3. The van der Waals surface area contributed by atoms with Crippen LogP contribution in [0.2, 0.25) is 0 Å². The molecule has 4 nitrogen and oxygen atoms in total. The molecule has 1 rings (SSSR count). The summed E-state index contributed by atoms with van der Waals surface area (Å²) in [5.41, 5.74) is 0.363. The van der Waals surface area contributed by atoms with Gasteiger partial charge in [-0.2, -0.15) is 13.2 Å². The van der Waals surface area contributed by atoms with Gasteiger partial charge in [0.05, 0.1) is 19.1 Å². The molecule has 0 aliphatic rings. The third kappa shape index (κ3) is 5.08. The molecule has 1 unspecified atom stereocenters. The maximum Gasteiger partial charge on any atom is 0.393 e. The van der Waals surface area contributed by atoms with E-state index in [1.165, 1.54) is 36.2 Å². The summed E-state index contributed by atoms with van der Waals surface area (Å²) in [6, 6.07) is 4.72. The summed E-state index contributed by atoms with van der Waals surface area (Å²) >= 11 is 0. The fourth-order valence-electron chi connectivity index (χ4n) is 1.52. The fraction of sp³-hybridized carbons (Fsp3) is 0.462. The van der Waals surface area contributed by atoms with Crippen LogP contribution in [0.25, 0.3) is 0 Å². The van der Waals surface area contributed by atoms with E-state index < -0.39 is 18.6 Å². The molecular formula is C13H17F3N2O2. The van der Waals surface area contributed by atoms with Gasteiger partial charge in [-0.3, -0.25) is 0 Å². The molecule has 0 aromatic heterocycles. The monoisotopic (exact) mass is 290 g/mol. The molecule has 2 amide bonds. The first-order valence-corrected chi connectivity index (χ1v) is 6.03. The Labute approximate surface area is 115 Å². The Bertz CT molecular complexity index is 463. The number of urea groups is 1. The maximum absolute atomic E-state index is 12.3. The van der Waals surface area contributed by atoms with Gasteiger partial charge in [-0.05, 0) is 24.6 Å². The number of hydrogen-bond donors (Lipinski definition) is 2. The highest BCUT2D eigenvalue weighted by molar-refractivity contribution is 5.89. The third-order valence-corrected chi connectivity index (χ3v) is 2.83. The van der Waals surface area contributed by atoms with E-state index in [-0.39, 0.29) is 23.9 Å². The molecule has 1 atom stereocenters. The van der Waals surface area contributed by atoms with Crippen molar-refractivity contribution in [2.75, 3.05) is 19.0 Å². The lowest BCUT2D eigenvalue weighted by Crippen LogP contribution is -2.40. The van der Waals surface area contributed by atoms with Gasteiger partial charge in [0.25, 0.3) is 0 Å². The molecule has 2 N–H and O–H groups in total. The highest BCUT2D eigenvalue weighted by atomic mass is 19.4. The number of likely N-dealkylation sites (N-methyl/N-ethyl adjacent to an activating group) is 1. The van der Waals surface area contributed by atoms with E-state index in [0.717, 1.165) is 0 Å². The molecule has 0 spiro atoms. The van der Waals surface area contributed by atoms with Crippen molar-refractivity contribution in [2.24, 2.45) is 0 Å². The van der Waals surface area contributed by atoms with Crippen molar-refractivity contribution in [1.82, 2.24) is 4.90 Å². The molecule has 0 heterocycles. The topological polar surface area (TPSA) is 52.6 Å². The molecule has 0 radical (unpaired) electrons. The van der Waals surface area contributed by atoms with Gasteiger partial charge in [-0.1, -0.05) is 12.1 Å². The number of nitrogens with zero attached hydrogens (tertiary/aromatic N) is 1. The number of aliphatic hydroxyl groups excluding tert-OH is 1. The predicted molar refractivity (Wildman–Crippen MR) is 69.5 cm³/mol. The van der Waals surface area contributed by atoms with E-state index in [4.69, 9.17) is 5.11 Å². The van der Waals surface area contributed by atoms with Gasteiger partial charge in [-0.25, -0.2) is 4.79 Å². The van der Waals surface area contributed by atoms with Crippen molar-refractivity contribution >= 4 is 11.7 Å². The fourth-order valence-corrected chi connectivity index (χ4v) is 1.52. The van der Waals surface area contributed by atoms with Crippen molar-refractivity contribution in [2.45, 2.75) is 25.6 Å². The largest absolute Gasteiger partial charge is 0.394 e. The molecule has 0 bridgehead atoms. The number of anilines is 1. The minimum Gasteiger partial charge on any atom is -0.394 e. The highest BCUT2D eigenvalue weighted by Gasteiger charge is 2.27. The van der Waals surface area contributed by atoms with E-state index >= 15 is 0 Å². The van der Waals surface area contributed by atoms with Crippen LogP contribution in [0.1, 0.15) is 12.5 Å². The van der Waals surface area contributed by atoms with Gasteiger partial charge in [-0.15, -0.1) is 0 Å². The molecule has 0 saturated carbocycles. The minimum absolute atomic E-state index is 0.0770. The number of carbonyl (C=O) groups excluding carboxylic acids is 1. The zero-order valence-electron chi connectivity index (χ0n) is 11.2. The molecule has 0 fully saturated rings. The predicted octanol–water partition coefficient (Wildman–Crippen LogP) is 2.64. The molecule has 112 valence electrons. The summed E-state index contributed by atoms with van der Waals surface area (Å²) in [5, 5.41) is 11.4. The van der Waals surface area contributed by atoms with Crippen LogP contribution in [0.15, 0.2) is 24.3 Å². The van der Waals surface area contributed by atoms with Crippen molar-refractivity contribution in [3.05, 3.63) is 29.8 Å². The Hall–Kier alpha value is -1.76. The molecule has 20 heavy (non-hydrogen) atoms. The zero-order valence-corrected chi connectivity index (χ0v) is 11.2. The average molecular weight is 290 g/mol. The molecule has 0 saturated heterocycles. The van der Waals surface area contributed by atoms with Crippen LogP contribution >= 0.6 is 0 Å². The molecule has 0 aliphatic carbocycles. The van der Waals surface area contributed by atoms with Crippen LogP contribution in [0.5, 0.6) is 0 Å². The number of hydrogen-bond acceptors (Lipinski definition) is 2. The number of amides is 2. The van der Waals surface area contributed by atoms with Crippen LogP contribution in [-0.2, 0) is 6.42 Å². The Balaban J connectivity index is 2.73. The Morgan fingerprint density at radius 3 is 2.65 bits per heavy atom. The first kappa shape index (κ1) is 16.3. The summed E-state index contributed by atoms with van der Waals surface area (Å²) < 4.78 is 36.9. The second-order valence-electron chi connectivity index (χ2n) is 4.56. The summed E-state index contributed by atoms with van der Waals surface area (Å²) in [7, 11) is 1.50. The van der Waals surface area contributed by atoms with E-state index in [1.54, 1.807) is 6.92 Å². The average Bonchev–Trinajstić information content (AvgIpc) is 2.35. The first-order valence-electron chi connectivity index (χ1n) is 6.03. The third-order valence-electron chi connectivity index (χ3n) is 2.83. The summed E-state index contributed by atoms with van der Waals surface area (Å²) in [5.74, 6) is 0. The van der Waals surface area contributed by atoms with Gasteiger partial charge >= 0.3 is 12.2 Å². The van der Waals surface area contributed by atoms with Crippen molar-refractivity contribution in [3.63, 3.8) is 0 Å². The smallest absolute Gasteiger partial charge is 0.393 e. The standard InChI is InChI=1S/C13H17F3N2O2/c1-9(8-19)18(2)12(20)17-11-5-3-4-10(6-11)7-13(14,15)16/h3-6,9,19H,7-8H2,1-2H3,(H,17,20). The van der Waals surface area contributed by atoms with Crippen LogP contribution in [0.4, 0.5) is 23.7 Å². The summed E-state index contributed by atoms with van der Waals surface area (Å²) in [6.45, 7) is 1.46. The maximum atomic E-state index is 12.3. The van der Waals surface area contributed by atoms with Crippen LogP contribution in [-0.4, -0.2) is 41.9 Å². The number of alkyl halides is 3. The quantitative estimate of drug-likeness (QED) is 0.895. The number of rotatable bonds is 4. The van der Waals surface area contributed by atoms with Gasteiger partial charge in [0.1, 0.15) is 0 Å². The van der Waals surface area contributed by atoms with Crippen molar-refractivity contribution in [3.8, 4) is 0 Å². The minimum atomic E-state index is -4.29. The first-order chi connectivity index (χ1) is 9.23. The van der Waals surface area contributed by atoms with Crippen LogP contribution in [0, 0.1) is 0 Å². The van der Waals surface area contributed by atoms with Crippen LogP contribution in [0.3, 0.4) is 0 Å². The van der Waals surface area contributed by atoms with Gasteiger partial charge in [0, 0.05) is 12.7 Å². The Morgan fingerprint density at radius 1 is 1.45 bits per heavy atom. The lowest BCUT2D eigenvalue weighted by molar-refractivity contribution is -0.127. The summed E-state index contributed by atoms with van der Waals surface area (Å²) in [4.78, 5) is 13.1. The lowest BCUT2D eigenvalue weighted by atomic mass is 10.1. The molecular weight excluding hydrogens is 273 g/mol. The Kier molecular flexibility index (Phi) is 5.38. The van der Waals surface area contributed by atoms with E-state index in [0.29, 0.717) is 0 Å². The second-order valence-corrected chi connectivity index (χ2v) is 4.56. The number of benzene rings is 1. The van der Waals surface area contributed by atoms with Crippen molar-refractivity contribution < 1.29 is 23.1 Å². The van der Waals surface area contributed by atoms with Gasteiger partial charge < -0.3 is 15.3 Å². The molecule has 1 aromatic rings. The van der Waals surface area contributed by atoms with Crippen molar-refractivity contribution in [1.29, 1.82) is 0 Å². The van der Waals surface area contributed by atoms with E-state index in [2.05, 4.69) is 5.32 Å². The van der Waals surface area contributed by atoms with E-state index in [1.807, 2.05) is 0 Å². The molecule has 7 heteroatoms. The molecule has 0 aliphatic heterocycles. The molecule has 1 aromatic carbocycles. The SMILES string of the molecule is CC(CO)N(C)C(=O)Nc1cccc(CC(F)(F)F)c1.